The lowest BCUT2D eigenvalue weighted by Gasteiger charge is -2.21. The van der Waals surface area contributed by atoms with Crippen LogP contribution in [0.5, 0.6) is 11.8 Å². The Morgan fingerprint density at radius 2 is 1.92 bits per heavy atom. The van der Waals surface area contributed by atoms with E-state index in [1.807, 2.05) is 0 Å². The fourth-order valence-electron chi connectivity index (χ4n) is 2.69. The van der Waals surface area contributed by atoms with E-state index in [0.717, 1.165) is 0 Å². The van der Waals surface area contributed by atoms with Crippen molar-refractivity contribution in [1.82, 2.24) is 15.1 Å². The molecule has 5 N–H and O–H groups in total. The van der Waals surface area contributed by atoms with Crippen LogP contribution in [0.4, 0.5) is 0 Å². The molecule has 0 aliphatic carbocycles. The molecule has 0 saturated heterocycles. The van der Waals surface area contributed by atoms with E-state index < -0.39 is 17.4 Å². The molecule has 0 amide bonds. The van der Waals surface area contributed by atoms with E-state index in [2.05, 4.69) is 20.2 Å². The van der Waals surface area contributed by atoms with Gasteiger partial charge in [-0.15, -0.1) is 0 Å². The van der Waals surface area contributed by atoms with Crippen molar-refractivity contribution in [3.05, 3.63) is 66.8 Å². The van der Waals surface area contributed by atoms with E-state index in [0.29, 0.717) is 21.8 Å². The van der Waals surface area contributed by atoms with Crippen LogP contribution in [-0.2, 0) is 0 Å². The molecular weight excluding hydrogens is 352 g/mol. The number of aromatic nitrogens is 4. The first kappa shape index (κ1) is 16.3. The number of halogens is 1. The Balaban J connectivity index is 2.34. The minimum absolute atomic E-state index is 0.0508. The smallest absolute Gasteiger partial charge is 0.393 e. The maximum absolute atomic E-state index is 12.4. The van der Waals surface area contributed by atoms with Crippen molar-refractivity contribution in [3.63, 3.8) is 0 Å². The number of rotatable bonds is 3. The van der Waals surface area contributed by atoms with Gasteiger partial charge in [0.1, 0.15) is 5.56 Å². The van der Waals surface area contributed by atoms with E-state index in [-0.39, 0.29) is 16.2 Å². The summed E-state index contributed by atoms with van der Waals surface area (Å²) in [4.78, 5) is 17.2. The minimum Gasteiger partial charge on any atom is -0.860 e. The summed E-state index contributed by atoms with van der Waals surface area (Å²) in [6.45, 7) is 1.72. The Bertz CT molecular complexity index is 987. The lowest BCUT2D eigenvalue weighted by molar-refractivity contribution is -0.462. The van der Waals surface area contributed by atoms with E-state index in [1.54, 1.807) is 31.2 Å². The van der Waals surface area contributed by atoms with E-state index in [4.69, 9.17) is 23.8 Å². The van der Waals surface area contributed by atoms with Crippen molar-refractivity contribution in [2.45, 2.75) is 12.8 Å². The Labute approximate surface area is 146 Å². The van der Waals surface area contributed by atoms with Gasteiger partial charge in [-0.25, -0.2) is 0 Å². The van der Waals surface area contributed by atoms with Gasteiger partial charge in [0.2, 0.25) is 0 Å². The van der Waals surface area contributed by atoms with Gasteiger partial charge in [0.25, 0.3) is 5.56 Å². The Hall–Kier alpha value is -2.58. The number of hydrogen-bond donors (Lipinski definition) is 4. The van der Waals surface area contributed by atoms with Crippen LogP contribution in [0, 0.1) is 11.7 Å². The third kappa shape index (κ3) is 2.81. The molecule has 24 heavy (non-hydrogen) atoms. The third-order valence-corrected chi connectivity index (χ3v) is 4.21. The van der Waals surface area contributed by atoms with Crippen molar-refractivity contribution < 1.29 is 15.3 Å². The van der Waals surface area contributed by atoms with Crippen LogP contribution in [0.15, 0.2) is 29.1 Å². The van der Waals surface area contributed by atoms with Gasteiger partial charge in [-0.05, 0) is 42.7 Å². The lowest BCUT2D eigenvalue weighted by atomic mass is 9.86. The number of aryl methyl sites for hydroxylation is 1. The van der Waals surface area contributed by atoms with Gasteiger partial charge in [-0.2, -0.15) is 5.10 Å². The molecule has 9 heteroatoms. The molecule has 0 saturated carbocycles. The SMILES string of the molecule is Cc1[nH][nH+]c(O)c1[C@@H](c1ccc(Cl)cc1)c1c([O-])[nH]c(=S)[nH]c1=O. The highest BCUT2D eigenvalue weighted by Gasteiger charge is 2.30. The Morgan fingerprint density at radius 3 is 2.46 bits per heavy atom. The number of benzene rings is 1. The maximum atomic E-state index is 12.4. The topological polar surface area (TPSA) is 122 Å². The summed E-state index contributed by atoms with van der Waals surface area (Å²) in [6, 6.07) is 6.69. The fraction of sp³-hybridized carbons (Fsp3) is 0.133. The zero-order valence-electron chi connectivity index (χ0n) is 12.4. The van der Waals surface area contributed by atoms with Crippen LogP contribution < -0.4 is 15.8 Å². The first-order valence-electron chi connectivity index (χ1n) is 6.96. The van der Waals surface area contributed by atoms with Gasteiger partial charge in [0.05, 0.1) is 11.6 Å². The summed E-state index contributed by atoms with van der Waals surface area (Å²) < 4.78 is -0.0508. The molecule has 3 aromatic rings. The molecular formula is C15H13ClN4O3S. The molecule has 0 aliphatic heterocycles. The molecule has 0 radical (unpaired) electrons. The van der Waals surface area contributed by atoms with Crippen molar-refractivity contribution in [1.29, 1.82) is 0 Å². The number of aromatic hydroxyl groups is 1. The summed E-state index contributed by atoms with van der Waals surface area (Å²) in [5.74, 6) is -1.56. The van der Waals surface area contributed by atoms with Crippen molar-refractivity contribution in [2.75, 3.05) is 0 Å². The van der Waals surface area contributed by atoms with Gasteiger partial charge in [0, 0.05) is 10.6 Å². The second-order valence-electron chi connectivity index (χ2n) is 5.27. The minimum atomic E-state index is -0.798. The highest BCUT2D eigenvalue weighted by Crippen LogP contribution is 2.37. The highest BCUT2D eigenvalue weighted by atomic mass is 35.5. The van der Waals surface area contributed by atoms with Crippen LogP contribution in [0.2, 0.25) is 5.02 Å². The molecule has 0 spiro atoms. The standard InChI is InChI=1S/C15H13ClN4O3S/c1-6-9(14(23)20-19-6)10(7-2-4-8(16)5-3-7)11-12(21)17-15(24)18-13(11)22/h2-5,10H,1H3,(H2,19,20,23)(H3,17,18,21,22,24)/t10-/m1/s1. The average molecular weight is 365 g/mol. The quantitative estimate of drug-likeness (QED) is 0.526. The number of H-pyrrole nitrogens is 4. The molecule has 0 bridgehead atoms. The van der Waals surface area contributed by atoms with Crippen molar-refractivity contribution in [2.24, 2.45) is 0 Å². The van der Waals surface area contributed by atoms with Crippen LogP contribution in [0.1, 0.15) is 28.3 Å². The lowest BCUT2D eigenvalue weighted by Crippen LogP contribution is -2.22. The molecule has 0 fully saturated rings. The summed E-state index contributed by atoms with van der Waals surface area (Å²) in [6.07, 6.45) is 0. The van der Waals surface area contributed by atoms with Crippen molar-refractivity contribution in [3.8, 4) is 11.8 Å². The molecule has 124 valence electrons. The van der Waals surface area contributed by atoms with Crippen LogP contribution in [-0.4, -0.2) is 20.2 Å². The normalized spacial score (nSPS) is 12.2. The third-order valence-electron chi connectivity index (χ3n) is 3.75. The molecule has 2 heterocycles. The zero-order valence-corrected chi connectivity index (χ0v) is 14.0. The summed E-state index contributed by atoms with van der Waals surface area (Å²) in [5, 5.41) is 28.4. The fourth-order valence-corrected chi connectivity index (χ4v) is 3.00. The van der Waals surface area contributed by atoms with Gasteiger partial charge < -0.3 is 15.2 Å². The molecule has 1 aromatic carbocycles. The second kappa shape index (κ2) is 6.14. The van der Waals surface area contributed by atoms with Crippen LogP contribution >= 0.6 is 23.8 Å². The second-order valence-corrected chi connectivity index (χ2v) is 6.12. The first-order chi connectivity index (χ1) is 11.4. The van der Waals surface area contributed by atoms with Gasteiger partial charge in [-0.3, -0.25) is 9.78 Å². The monoisotopic (exact) mass is 364 g/mol. The van der Waals surface area contributed by atoms with Crippen molar-refractivity contribution >= 4 is 23.8 Å². The predicted molar refractivity (Wildman–Crippen MR) is 87.8 cm³/mol. The Morgan fingerprint density at radius 1 is 1.25 bits per heavy atom. The van der Waals surface area contributed by atoms with Gasteiger partial charge in [-0.1, -0.05) is 28.8 Å². The number of nitrogens with one attached hydrogen (secondary N) is 4. The van der Waals surface area contributed by atoms with E-state index in [1.165, 1.54) is 0 Å². The Kier molecular flexibility index (Phi) is 4.16. The van der Waals surface area contributed by atoms with Gasteiger partial charge >= 0.3 is 5.88 Å². The predicted octanol–water partition coefficient (Wildman–Crippen LogP) is 1.50. The average Bonchev–Trinajstić information content (AvgIpc) is 2.83. The highest BCUT2D eigenvalue weighted by molar-refractivity contribution is 7.71. The maximum Gasteiger partial charge on any atom is 0.393 e. The zero-order chi connectivity index (χ0) is 17.4. The molecule has 0 unspecified atom stereocenters. The van der Waals surface area contributed by atoms with E-state index in [9.17, 15) is 15.0 Å². The van der Waals surface area contributed by atoms with Crippen LogP contribution in [0.25, 0.3) is 0 Å². The molecule has 0 aliphatic rings. The molecule has 1 atom stereocenters. The number of aromatic amines is 4. The largest absolute Gasteiger partial charge is 0.860 e. The summed E-state index contributed by atoms with van der Waals surface area (Å²) in [5.41, 5.74) is 0.930. The summed E-state index contributed by atoms with van der Waals surface area (Å²) in [7, 11) is 0. The summed E-state index contributed by atoms with van der Waals surface area (Å²) >= 11 is 10.8. The van der Waals surface area contributed by atoms with Crippen LogP contribution in [0.3, 0.4) is 0 Å². The number of hydrogen-bond acceptors (Lipinski definition) is 4. The molecule has 7 nitrogen and oxygen atoms in total. The van der Waals surface area contributed by atoms with Gasteiger partial charge in [0.15, 0.2) is 4.77 Å². The first-order valence-corrected chi connectivity index (χ1v) is 7.75. The van der Waals surface area contributed by atoms with E-state index >= 15 is 0 Å². The molecule has 2 aromatic heterocycles. The molecule has 3 rings (SSSR count).